The fraction of sp³-hybridized carbons (Fsp3) is 0.208. The summed E-state index contributed by atoms with van der Waals surface area (Å²) in [5, 5.41) is 3.80. The highest BCUT2D eigenvalue weighted by atomic mass is 32.2. The smallest absolute Gasteiger partial charge is 0.273 e. The second-order valence-electron chi connectivity index (χ2n) is 7.65. The Morgan fingerprint density at radius 3 is 2.34 bits per heavy atom. The predicted molar refractivity (Wildman–Crippen MR) is 133 cm³/mol. The lowest BCUT2D eigenvalue weighted by Crippen LogP contribution is -2.20. The van der Waals surface area contributed by atoms with Crippen LogP contribution in [0.5, 0.6) is 0 Å². The summed E-state index contributed by atoms with van der Waals surface area (Å²) in [4.78, 5) is 14.5. The average molecular weight is 453 g/mol. The first-order valence-corrected chi connectivity index (χ1v) is 11.6. The molecule has 2 aromatic carbocycles. The summed E-state index contributed by atoms with van der Waals surface area (Å²) in [5.41, 5.74) is 6.40. The van der Waals surface area contributed by atoms with E-state index in [1.807, 2.05) is 19.2 Å². The number of nitrogens with zero attached hydrogens (tertiary/aromatic N) is 2. The van der Waals surface area contributed by atoms with Crippen LogP contribution < -0.4 is 20.5 Å². The molecular weight excluding hydrogens is 424 g/mol. The zero-order valence-electron chi connectivity index (χ0n) is 18.9. The number of aryl methyl sites for hydroxylation is 3. The zero-order chi connectivity index (χ0) is 23.6. The summed E-state index contributed by atoms with van der Waals surface area (Å²) in [6.07, 6.45) is 1.74. The van der Waals surface area contributed by atoms with E-state index >= 15 is 0 Å². The number of sulfonamides is 1. The number of anilines is 4. The summed E-state index contributed by atoms with van der Waals surface area (Å²) >= 11 is 0. The van der Waals surface area contributed by atoms with E-state index in [-0.39, 0.29) is 5.56 Å². The number of hydrogen-bond acceptors (Lipinski definition) is 5. The number of aromatic nitrogens is 1. The zero-order valence-corrected chi connectivity index (χ0v) is 19.7. The third-order valence-electron chi connectivity index (χ3n) is 5.38. The topological polar surface area (TPSA) is 83.4 Å². The van der Waals surface area contributed by atoms with Gasteiger partial charge in [-0.25, -0.2) is 8.42 Å². The lowest BCUT2D eigenvalue weighted by atomic mass is 10.0. The number of pyridine rings is 1. The molecule has 0 bridgehead atoms. The molecule has 32 heavy (non-hydrogen) atoms. The van der Waals surface area contributed by atoms with Crippen molar-refractivity contribution in [1.82, 2.24) is 4.57 Å². The van der Waals surface area contributed by atoms with Crippen LogP contribution >= 0.6 is 0 Å². The van der Waals surface area contributed by atoms with E-state index in [4.69, 9.17) is 0 Å². The molecule has 2 N–H and O–H groups in total. The van der Waals surface area contributed by atoms with E-state index in [9.17, 15) is 13.2 Å². The summed E-state index contributed by atoms with van der Waals surface area (Å²) in [6.45, 7) is 7.46. The average Bonchev–Trinajstić information content (AvgIpc) is 2.75. The van der Waals surface area contributed by atoms with Gasteiger partial charge in [0.25, 0.3) is 15.6 Å². The van der Waals surface area contributed by atoms with Gasteiger partial charge in [0.15, 0.2) is 0 Å². The standard InChI is InChI=1S/C24H28N4O3S/c1-7-32(30,31)26-19-11-12-22(28(6)23-16(2)9-8-10-17(23)3)20(14-19)18-13-21(25-4)24(29)27(5)15-18/h7-15,25-26H,1H2,2-6H3. The van der Waals surface area contributed by atoms with Gasteiger partial charge in [0.1, 0.15) is 5.69 Å². The first kappa shape index (κ1) is 23.1. The van der Waals surface area contributed by atoms with Crippen molar-refractivity contribution >= 4 is 32.8 Å². The highest BCUT2D eigenvalue weighted by Crippen LogP contribution is 2.39. The Balaban J connectivity index is 2.28. The Morgan fingerprint density at radius 1 is 1.09 bits per heavy atom. The van der Waals surface area contributed by atoms with Crippen LogP contribution in [0.1, 0.15) is 11.1 Å². The minimum absolute atomic E-state index is 0.149. The molecule has 0 aliphatic heterocycles. The number of hydrogen-bond donors (Lipinski definition) is 2. The second kappa shape index (κ2) is 8.92. The Bertz CT molecular complexity index is 1320. The van der Waals surface area contributed by atoms with Gasteiger partial charge in [0.2, 0.25) is 0 Å². The van der Waals surface area contributed by atoms with Gasteiger partial charge in [-0.15, -0.1) is 0 Å². The molecule has 0 atom stereocenters. The molecule has 3 aromatic rings. The van der Waals surface area contributed by atoms with Crippen molar-refractivity contribution in [2.75, 3.05) is 29.0 Å². The van der Waals surface area contributed by atoms with E-state index in [0.717, 1.165) is 39.0 Å². The van der Waals surface area contributed by atoms with Crippen molar-refractivity contribution in [2.45, 2.75) is 13.8 Å². The minimum Gasteiger partial charge on any atom is -0.384 e. The van der Waals surface area contributed by atoms with Gasteiger partial charge in [-0.05, 0) is 49.2 Å². The fourth-order valence-corrected chi connectivity index (χ4v) is 4.36. The van der Waals surface area contributed by atoms with E-state index in [0.29, 0.717) is 11.4 Å². The van der Waals surface area contributed by atoms with Crippen LogP contribution in [0.2, 0.25) is 0 Å². The second-order valence-corrected chi connectivity index (χ2v) is 9.28. The number of para-hydroxylation sites is 1. The van der Waals surface area contributed by atoms with E-state index < -0.39 is 10.0 Å². The Hall–Kier alpha value is -3.52. The van der Waals surface area contributed by atoms with Gasteiger partial charge in [-0.3, -0.25) is 9.52 Å². The molecule has 0 saturated heterocycles. The van der Waals surface area contributed by atoms with Crippen molar-refractivity contribution in [2.24, 2.45) is 7.05 Å². The lowest BCUT2D eigenvalue weighted by molar-refractivity contribution is 0.609. The van der Waals surface area contributed by atoms with Crippen LogP contribution in [-0.2, 0) is 17.1 Å². The molecule has 168 valence electrons. The largest absolute Gasteiger partial charge is 0.384 e. The first-order chi connectivity index (χ1) is 15.1. The quantitative estimate of drug-likeness (QED) is 0.556. The molecule has 0 radical (unpaired) electrons. The minimum atomic E-state index is -3.67. The predicted octanol–water partition coefficient (Wildman–Crippen LogP) is 4.36. The normalized spacial score (nSPS) is 11.2. The van der Waals surface area contributed by atoms with E-state index in [2.05, 4.69) is 47.5 Å². The van der Waals surface area contributed by atoms with Gasteiger partial charge >= 0.3 is 0 Å². The fourth-order valence-electron chi connectivity index (χ4n) is 3.82. The maximum atomic E-state index is 12.4. The highest BCUT2D eigenvalue weighted by Gasteiger charge is 2.18. The molecule has 1 heterocycles. The van der Waals surface area contributed by atoms with Crippen LogP contribution in [0.15, 0.2) is 65.4 Å². The SMILES string of the molecule is C=CS(=O)(=O)Nc1ccc(N(C)c2c(C)cccc2C)c(-c2cc(NC)c(=O)n(C)c2)c1. The molecule has 1 aromatic heterocycles. The van der Waals surface area contributed by atoms with Crippen molar-refractivity contribution in [1.29, 1.82) is 0 Å². The molecule has 0 aliphatic rings. The van der Waals surface area contributed by atoms with Gasteiger partial charge in [-0.1, -0.05) is 24.8 Å². The molecule has 0 fully saturated rings. The Labute approximate surface area is 189 Å². The summed E-state index contributed by atoms with van der Waals surface area (Å²) in [6, 6.07) is 13.2. The van der Waals surface area contributed by atoms with Gasteiger partial charge in [0.05, 0.1) is 0 Å². The summed E-state index contributed by atoms with van der Waals surface area (Å²) < 4.78 is 28.1. The van der Waals surface area contributed by atoms with Crippen LogP contribution in [-0.4, -0.2) is 27.1 Å². The number of rotatable bonds is 7. The summed E-state index contributed by atoms with van der Waals surface area (Å²) in [5.74, 6) is 0. The molecule has 0 aliphatic carbocycles. The Kier molecular flexibility index (Phi) is 6.45. The lowest BCUT2D eigenvalue weighted by Gasteiger charge is -2.27. The third kappa shape index (κ3) is 4.55. The Morgan fingerprint density at radius 2 is 1.75 bits per heavy atom. The first-order valence-electron chi connectivity index (χ1n) is 10.1. The maximum absolute atomic E-state index is 12.4. The van der Waals surface area contributed by atoms with E-state index in [1.165, 1.54) is 4.57 Å². The van der Waals surface area contributed by atoms with Crippen molar-refractivity contribution in [3.63, 3.8) is 0 Å². The molecular formula is C24H28N4O3S. The molecule has 0 unspecified atom stereocenters. The molecule has 0 saturated carbocycles. The monoisotopic (exact) mass is 452 g/mol. The van der Waals surface area contributed by atoms with Crippen molar-refractivity contribution in [3.8, 4) is 11.1 Å². The molecule has 7 nitrogen and oxygen atoms in total. The van der Waals surface area contributed by atoms with Gasteiger partial charge in [-0.2, -0.15) is 0 Å². The van der Waals surface area contributed by atoms with Crippen LogP contribution in [0.25, 0.3) is 11.1 Å². The van der Waals surface area contributed by atoms with E-state index in [1.54, 1.807) is 38.5 Å². The van der Waals surface area contributed by atoms with Gasteiger partial charge in [0, 0.05) is 60.9 Å². The molecule has 3 rings (SSSR count). The number of benzene rings is 2. The van der Waals surface area contributed by atoms with Crippen LogP contribution in [0.3, 0.4) is 0 Å². The third-order valence-corrected chi connectivity index (χ3v) is 6.34. The van der Waals surface area contributed by atoms with Crippen LogP contribution in [0.4, 0.5) is 22.7 Å². The highest BCUT2D eigenvalue weighted by molar-refractivity contribution is 7.95. The number of nitrogens with one attached hydrogen (secondary N) is 2. The maximum Gasteiger partial charge on any atom is 0.273 e. The van der Waals surface area contributed by atoms with Gasteiger partial charge < -0.3 is 14.8 Å². The molecule has 0 spiro atoms. The van der Waals surface area contributed by atoms with Crippen LogP contribution in [0, 0.1) is 13.8 Å². The molecule has 0 amide bonds. The molecule has 8 heteroatoms. The van der Waals surface area contributed by atoms with Crippen molar-refractivity contribution in [3.05, 3.63) is 82.1 Å². The van der Waals surface area contributed by atoms with Crippen molar-refractivity contribution < 1.29 is 8.42 Å². The summed E-state index contributed by atoms with van der Waals surface area (Å²) in [7, 11) is 1.69.